The summed E-state index contributed by atoms with van der Waals surface area (Å²) >= 11 is 0. The lowest BCUT2D eigenvalue weighted by Crippen LogP contribution is -2.26. The number of carbonyl (C=O) groups is 2. The number of nitrogens with zero attached hydrogens (tertiary/aromatic N) is 1. The van der Waals surface area contributed by atoms with Crippen molar-refractivity contribution >= 4 is 17.6 Å². The Hall–Kier alpha value is -2.04. The van der Waals surface area contributed by atoms with Crippen LogP contribution in [-0.4, -0.2) is 36.6 Å². The normalized spacial score (nSPS) is 10.0. The first-order chi connectivity index (χ1) is 9.08. The molecule has 0 spiro atoms. The second-order valence-electron chi connectivity index (χ2n) is 4.12. The van der Waals surface area contributed by atoms with E-state index in [1.807, 2.05) is 12.1 Å². The summed E-state index contributed by atoms with van der Waals surface area (Å²) in [6, 6.07) is 7.31. The standard InChI is InChI=1S/C14H20N2O3/c1-3-16(4-2)12-7-5-11(6-8-12)14(19)15-10-9-13(17)18/h5-8H,3-4,9-10H2,1-2H3,(H,15,19)(H,17,18). The Balaban J connectivity index is 2.60. The van der Waals surface area contributed by atoms with Crippen LogP contribution in [0.1, 0.15) is 30.6 Å². The summed E-state index contributed by atoms with van der Waals surface area (Å²) in [4.78, 5) is 24.3. The summed E-state index contributed by atoms with van der Waals surface area (Å²) in [6.45, 7) is 6.14. The van der Waals surface area contributed by atoms with Crippen molar-refractivity contribution in [2.45, 2.75) is 20.3 Å². The van der Waals surface area contributed by atoms with Crippen LogP contribution in [-0.2, 0) is 4.79 Å². The SMILES string of the molecule is CCN(CC)c1ccc(C(=O)NCCC(=O)O)cc1. The molecule has 0 aliphatic rings. The van der Waals surface area contributed by atoms with E-state index in [1.54, 1.807) is 12.1 Å². The maximum atomic E-state index is 11.7. The zero-order valence-corrected chi connectivity index (χ0v) is 11.3. The van der Waals surface area contributed by atoms with Gasteiger partial charge in [-0.3, -0.25) is 9.59 Å². The van der Waals surface area contributed by atoms with Crippen LogP contribution in [0.25, 0.3) is 0 Å². The van der Waals surface area contributed by atoms with Crippen molar-refractivity contribution in [2.75, 3.05) is 24.5 Å². The molecule has 1 rings (SSSR count). The van der Waals surface area contributed by atoms with E-state index in [0.29, 0.717) is 5.56 Å². The van der Waals surface area contributed by atoms with Gasteiger partial charge in [-0.25, -0.2) is 0 Å². The number of carboxylic acids is 1. The number of anilines is 1. The van der Waals surface area contributed by atoms with E-state index in [1.165, 1.54) is 0 Å². The third-order valence-corrected chi connectivity index (χ3v) is 2.88. The molecule has 0 saturated carbocycles. The molecular formula is C14H20N2O3. The fraction of sp³-hybridized carbons (Fsp3) is 0.429. The second kappa shape index (κ2) is 7.41. The Morgan fingerprint density at radius 3 is 2.21 bits per heavy atom. The van der Waals surface area contributed by atoms with E-state index in [-0.39, 0.29) is 18.9 Å². The summed E-state index contributed by atoms with van der Waals surface area (Å²) in [5.74, 6) is -1.16. The van der Waals surface area contributed by atoms with Gasteiger partial charge in [0.1, 0.15) is 0 Å². The molecule has 5 heteroatoms. The van der Waals surface area contributed by atoms with E-state index in [0.717, 1.165) is 18.8 Å². The lowest BCUT2D eigenvalue weighted by molar-refractivity contribution is -0.136. The summed E-state index contributed by atoms with van der Waals surface area (Å²) < 4.78 is 0. The lowest BCUT2D eigenvalue weighted by atomic mass is 10.2. The molecule has 0 aliphatic carbocycles. The third kappa shape index (κ3) is 4.62. The Morgan fingerprint density at radius 2 is 1.74 bits per heavy atom. The molecule has 0 unspecified atom stereocenters. The largest absolute Gasteiger partial charge is 0.481 e. The number of aliphatic carboxylic acids is 1. The van der Waals surface area contributed by atoms with E-state index in [2.05, 4.69) is 24.1 Å². The number of hydrogen-bond acceptors (Lipinski definition) is 3. The Morgan fingerprint density at radius 1 is 1.16 bits per heavy atom. The minimum absolute atomic E-state index is 0.0662. The molecule has 0 fully saturated rings. The number of rotatable bonds is 7. The van der Waals surface area contributed by atoms with E-state index >= 15 is 0 Å². The molecule has 104 valence electrons. The highest BCUT2D eigenvalue weighted by atomic mass is 16.4. The maximum Gasteiger partial charge on any atom is 0.305 e. The molecule has 19 heavy (non-hydrogen) atoms. The molecule has 1 amide bonds. The van der Waals surface area contributed by atoms with E-state index in [4.69, 9.17) is 5.11 Å². The van der Waals surface area contributed by atoms with Gasteiger partial charge in [0, 0.05) is 30.9 Å². The first kappa shape index (κ1) is 15.0. The smallest absolute Gasteiger partial charge is 0.305 e. The number of amides is 1. The van der Waals surface area contributed by atoms with Crippen molar-refractivity contribution in [1.82, 2.24) is 5.32 Å². The van der Waals surface area contributed by atoms with Crippen LogP contribution in [0.5, 0.6) is 0 Å². The molecule has 0 saturated heterocycles. The van der Waals surface area contributed by atoms with Crippen LogP contribution in [0.4, 0.5) is 5.69 Å². The summed E-state index contributed by atoms with van der Waals surface area (Å²) in [5, 5.41) is 11.1. The molecule has 0 aromatic heterocycles. The van der Waals surface area contributed by atoms with Gasteiger partial charge in [0.2, 0.25) is 0 Å². The van der Waals surface area contributed by atoms with Crippen LogP contribution in [0.3, 0.4) is 0 Å². The predicted octanol–water partition coefficient (Wildman–Crippen LogP) is 1.74. The van der Waals surface area contributed by atoms with Gasteiger partial charge in [0.25, 0.3) is 5.91 Å². The minimum Gasteiger partial charge on any atom is -0.481 e. The minimum atomic E-state index is -0.919. The monoisotopic (exact) mass is 264 g/mol. The number of hydrogen-bond donors (Lipinski definition) is 2. The zero-order valence-electron chi connectivity index (χ0n) is 11.3. The summed E-state index contributed by atoms with van der Waals surface area (Å²) in [5.41, 5.74) is 1.62. The first-order valence-corrected chi connectivity index (χ1v) is 6.43. The third-order valence-electron chi connectivity index (χ3n) is 2.88. The number of benzene rings is 1. The van der Waals surface area contributed by atoms with E-state index < -0.39 is 5.97 Å². The van der Waals surface area contributed by atoms with Crippen LogP contribution in [0.2, 0.25) is 0 Å². The molecule has 5 nitrogen and oxygen atoms in total. The van der Waals surface area contributed by atoms with Crippen LogP contribution >= 0.6 is 0 Å². The molecule has 1 aromatic rings. The first-order valence-electron chi connectivity index (χ1n) is 6.43. The zero-order chi connectivity index (χ0) is 14.3. The Bertz CT molecular complexity index is 425. The number of carbonyl (C=O) groups excluding carboxylic acids is 1. The number of carboxylic acid groups (broad SMARTS) is 1. The average molecular weight is 264 g/mol. The lowest BCUT2D eigenvalue weighted by Gasteiger charge is -2.21. The molecule has 0 bridgehead atoms. The van der Waals surface area contributed by atoms with Crippen molar-refractivity contribution in [2.24, 2.45) is 0 Å². The van der Waals surface area contributed by atoms with Crippen molar-refractivity contribution in [3.8, 4) is 0 Å². The fourth-order valence-corrected chi connectivity index (χ4v) is 1.80. The van der Waals surface area contributed by atoms with E-state index in [9.17, 15) is 9.59 Å². The topological polar surface area (TPSA) is 69.6 Å². The second-order valence-corrected chi connectivity index (χ2v) is 4.12. The van der Waals surface area contributed by atoms with Gasteiger partial charge >= 0.3 is 5.97 Å². The molecule has 2 N–H and O–H groups in total. The van der Waals surface area contributed by atoms with Crippen molar-refractivity contribution < 1.29 is 14.7 Å². The van der Waals surface area contributed by atoms with Crippen LogP contribution < -0.4 is 10.2 Å². The maximum absolute atomic E-state index is 11.7. The van der Waals surface area contributed by atoms with Gasteiger partial charge in [0.15, 0.2) is 0 Å². The Kier molecular flexibility index (Phi) is 5.85. The van der Waals surface area contributed by atoms with Crippen LogP contribution in [0.15, 0.2) is 24.3 Å². The predicted molar refractivity (Wildman–Crippen MR) is 74.6 cm³/mol. The van der Waals surface area contributed by atoms with Gasteiger partial charge in [-0.2, -0.15) is 0 Å². The van der Waals surface area contributed by atoms with Gasteiger partial charge in [-0.15, -0.1) is 0 Å². The van der Waals surface area contributed by atoms with Crippen molar-refractivity contribution in [1.29, 1.82) is 0 Å². The van der Waals surface area contributed by atoms with Crippen molar-refractivity contribution in [3.63, 3.8) is 0 Å². The molecule has 0 aliphatic heterocycles. The summed E-state index contributed by atoms with van der Waals surface area (Å²) in [6.07, 6.45) is -0.0662. The average Bonchev–Trinajstić information content (AvgIpc) is 2.40. The summed E-state index contributed by atoms with van der Waals surface area (Å²) in [7, 11) is 0. The fourth-order valence-electron chi connectivity index (χ4n) is 1.80. The molecule has 1 aromatic carbocycles. The number of nitrogens with one attached hydrogen (secondary N) is 1. The highest BCUT2D eigenvalue weighted by Crippen LogP contribution is 2.14. The Labute approximate surface area is 113 Å². The quantitative estimate of drug-likeness (QED) is 0.787. The molecule has 0 atom stereocenters. The van der Waals surface area contributed by atoms with Gasteiger partial charge in [0.05, 0.1) is 6.42 Å². The molecule has 0 radical (unpaired) electrons. The van der Waals surface area contributed by atoms with Gasteiger partial charge < -0.3 is 15.3 Å². The highest BCUT2D eigenvalue weighted by molar-refractivity contribution is 5.94. The van der Waals surface area contributed by atoms with Gasteiger partial charge in [-0.05, 0) is 38.1 Å². The molecular weight excluding hydrogens is 244 g/mol. The van der Waals surface area contributed by atoms with Crippen molar-refractivity contribution in [3.05, 3.63) is 29.8 Å². The van der Waals surface area contributed by atoms with Gasteiger partial charge in [-0.1, -0.05) is 0 Å². The molecule has 0 heterocycles. The van der Waals surface area contributed by atoms with Crippen LogP contribution in [0, 0.1) is 0 Å². The highest BCUT2D eigenvalue weighted by Gasteiger charge is 2.07.